The van der Waals surface area contributed by atoms with E-state index in [1.165, 1.54) is 44.9 Å². The first kappa shape index (κ1) is 13.9. The average molecular weight is 252 g/mol. The van der Waals surface area contributed by atoms with Crippen molar-refractivity contribution in [1.82, 2.24) is 10.2 Å². The Morgan fingerprint density at radius 3 is 2.50 bits per heavy atom. The lowest BCUT2D eigenvalue weighted by Gasteiger charge is -2.29. The minimum absolute atomic E-state index is 0.222. The second-order valence-corrected chi connectivity index (χ2v) is 6.01. The fourth-order valence-corrected chi connectivity index (χ4v) is 2.99. The van der Waals surface area contributed by atoms with Gasteiger partial charge in [-0.3, -0.25) is 9.69 Å². The molecule has 1 N–H and O–H groups in total. The molecule has 0 unspecified atom stereocenters. The summed E-state index contributed by atoms with van der Waals surface area (Å²) in [5.74, 6) is 1.07. The summed E-state index contributed by atoms with van der Waals surface area (Å²) in [6, 6.07) is 0.708. The highest BCUT2D eigenvalue weighted by Gasteiger charge is 2.31. The lowest BCUT2D eigenvalue weighted by molar-refractivity contribution is -0.122. The van der Waals surface area contributed by atoms with Gasteiger partial charge in [0.25, 0.3) is 0 Å². The van der Waals surface area contributed by atoms with Crippen molar-refractivity contribution in [3.05, 3.63) is 0 Å². The normalized spacial score (nSPS) is 21.2. The molecule has 0 bridgehead atoms. The van der Waals surface area contributed by atoms with Gasteiger partial charge in [-0.2, -0.15) is 0 Å². The van der Waals surface area contributed by atoms with Crippen molar-refractivity contribution in [1.29, 1.82) is 0 Å². The minimum Gasteiger partial charge on any atom is -0.355 e. The molecule has 0 aliphatic heterocycles. The summed E-state index contributed by atoms with van der Waals surface area (Å²) in [4.78, 5) is 14.3. The van der Waals surface area contributed by atoms with Crippen molar-refractivity contribution in [3.8, 4) is 0 Å². The van der Waals surface area contributed by atoms with Crippen LogP contribution in [0.1, 0.15) is 58.3 Å². The second kappa shape index (κ2) is 7.13. The van der Waals surface area contributed by atoms with Gasteiger partial charge in [-0.15, -0.1) is 0 Å². The van der Waals surface area contributed by atoms with Gasteiger partial charge in [0.15, 0.2) is 0 Å². The van der Waals surface area contributed by atoms with Gasteiger partial charge in [-0.05, 0) is 38.0 Å². The second-order valence-electron chi connectivity index (χ2n) is 6.01. The van der Waals surface area contributed by atoms with Gasteiger partial charge < -0.3 is 5.32 Å². The summed E-state index contributed by atoms with van der Waals surface area (Å²) in [5, 5.41) is 3.00. The van der Waals surface area contributed by atoms with Crippen LogP contribution in [0, 0.1) is 5.92 Å². The van der Waals surface area contributed by atoms with Gasteiger partial charge >= 0.3 is 0 Å². The lowest BCUT2D eigenvalue weighted by Crippen LogP contribution is -2.41. The first-order valence-corrected chi connectivity index (χ1v) is 7.80. The minimum atomic E-state index is 0.222. The van der Waals surface area contributed by atoms with Gasteiger partial charge in [0, 0.05) is 19.1 Å². The number of hydrogen-bond donors (Lipinski definition) is 1. The van der Waals surface area contributed by atoms with E-state index in [0.29, 0.717) is 12.6 Å². The molecule has 0 heterocycles. The number of amides is 1. The Morgan fingerprint density at radius 1 is 1.17 bits per heavy atom. The van der Waals surface area contributed by atoms with Gasteiger partial charge in [0.2, 0.25) is 5.91 Å². The molecule has 0 saturated heterocycles. The molecule has 2 fully saturated rings. The maximum absolute atomic E-state index is 11.8. The quantitative estimate of drug-likeness (QED) is 0.755. The molecular weight excluding hydrogens is 224 g/mol. The van der Waals surface area contributed by atoms with E-state index >= 15 is 0 Å². The standard InChI is InChI=1S/C15H28N2O/c1-2-10-16-15(18)12-17(14-8-9-14)11-13-6-4-3-5-7-13/h13-14H,2-12H2,1H3,(H,16,18). The zero-order valence-corrected chi connectivity index (χ0v) is 11.8. The lowest BCUT2D eigenvalue weighted by atomic mass is 9.89. The van der Waals surface area contributed by atoms with Gasteiger partial charge in [0.05, 0.1) is 6.54 Å². The number of rotatable bonds is 7. The van der Waals surface area contributed by atoms with Gasteiger partial charge in [0.1, 0.15) is 0 Å². The number of nitrogens with one attached hydrogen (secondary N) is 1. The SMILES string of the molecule is CCCNC(=O)CN(CC1CCCCC1)C1CC1. The molecule has 2 aliphatic rings. The molecule has 1 amide bonds. The Bertz CT molecular complexity index is 257. The van der Waals surface area contributed by atoms with Gasteiger partial charge in [-0.25, -0.2) is 0 Å². The van der Waals surface area contributed by atoms with E-state index in [9.17, 15) is 4.79 Å². The number of carbonyl (C=O) groups excluding carboxylic acids is 1. The Labute approximate surface area is 111 Å². The smallest absolute Gasteiger partial charge is 0.234 e. The van der Waals surface area contributed by atoms with Gasteiger partial charge in [-0.1, -0.05) is 26.2 Å². The van der Waals surface area contributed by atoms with E-state index in [0.717, 1.165) is 25.4 Å². The third-order valence-corrected chi connectivity index (χ3v) is 4.20. The predicted octanol–water partition coefficient (Wildman–Crippen LogP) is 2.56. The summed E-state index contributed by atoms with van der Waals surface area (Å²) < 4.78 is 0. The molecule has 2 aliphatic carbocycles. The fraction of sp³-hybridized carbons (Fsp3) is 0.933. The van der Waals surface area contributed by atoms with Crippen molar-refractivity contribution >= 4 is 5.91 Å². The van der Waals surface area contributed by atoms with Crippen molar-refractivity contribution < 1.29 is 4.79 Å². The summed E-state index contributed by atoms with van der Waals surface area (Å²) >= 11 is 0. The molecule has 0 radical (unpaired) electrons. The van der Waals surface area contributed by atoms with Crippen LogP contribution in [0.2, 0.25) is 0 Å². The van der Waals surface area contributed by atoms with Crippen LogP contribution < -0.4 is 5.32 Å². The Hall–Kier alpha value is -0.570. The van der Waals surface area contributed by atoms with Crippen LogP contribution in [0.4, 0.5) is 0 Å². The number of nitrogens with zero attached hydrogens (tertiary/aromatic N) is 1. The van der Waals surface area contributed by atoms with E-state index in [-0.39, 0.29) is 5.91 Å². The van der Waals surface area contributed by atoms with Crippen molar-refractivity contribution in [3.63, 3.8) is 0 Å². The highest BCUT2D eigenvalue weighted by molar-refractivity contribution is 5.78. The van der Waals surface area contributed by atoms with Crippen LogP contribution >= 0.6 is 0 Å². The predicted molar refractivity (Wildman–Crippen MR) is 74.5 cm³/mol. The van der Waals surface area contributed by atoms with Crippen molar-refractivity contribution in [2.75, 3.05) is 19.6 Å². The Kier molecular flexibility index (Phi) is 5.48. The average Bonchev–Trinajstić information content (AvgIpc) is 3.21. The topological polar surface area (TPSA) is 32.3 Å². The van der Waals surface area contributed by atoms with Crippen LogP contribution in [0.25, 0.3) is 0 Å². The number of hydrogen-bond acceptors (Lipinski definition) is 2. The van der Waals surface area contributed by atoms with E-state index in [1.54, 1.807) is 0 Å². The fourth-order valence-electron chi connectivity index (χ4n) is 2.99. The molecule has 2 saturated carbocycles. The maximum Gasteiger partial charge on any atom is 0.234 e. The molecule has 18 heavy (non-hydrogen) atoms. The molecular formula is C15H28N2O. The first-order valence-electron chi connectivity index (χ1n) is 7.80. The van der Waals surface area contributed by atoms with E-state index in [1.807, 2.05) is 0 Å². The molecule has 0 aromatic carbocycles. The molecule has 0 aromatic heterocycles. The van der Waals surface area contributed by atoms with E-state index in [4.69, 9.17) is 0 Å². The zero-order valence-electron chi connectivity index (χ0n) is 11.8. The van der Waals surface area contributed by atoms with Crippen molar-refractivity contribution in [2.45, 2.75) is 64.3 Å². The summed E-state index contributed by atoms with van der Waals surface area (Å²) in [5.41, 5.74) is 0. The zero-order chi connectivity index (χ0) is 12.8. The molecule has 2 rings (SSSR count). The third-order valence-electron chi connectivity index (χ3n) is 4.20. The molecule has 0 spiro atoms. The molecule has 3 nitrogen and oxygen atoms in total. The summed E-state index contributed by atoms with van der Waals surface area (Å²) in [7, 11) is 0. The first-order chi connectivity index (χ1) is 8.79. The molecule has 0 atom stereocenters. The van der Waals surface area contributed by atoms with Crippen LogP contribution in [0.3, 0.4) is 0 Å². The van der Waals surface area contributed by atoms with E-state index in [2.05, 4.69) is 17.1 Å². The van der Waals surface area contributed by atoms with Crippen LogP contribution in [-0.2, 0) is 4.79 Å². The highest BCUT2D eigenvalue weighted by atomic mass is 16.2. The molecule has 104 valence electrons. The van der Waals surface area contributed by atoms with Crippen LogP contribution in [-0.4, -0.2) is 36.5 Å². The largest absolute Gasteiger partial charge is 0.355 e. The van der Waals surface area contributed by atoms with Crippen molar-refractivity contribution in [2.24, 2.45) is 5.92 Å². The summed E-state index contributed by atoms with van der Waals surface area (Å²) in [6.07, 6.45) is 10.6. The molecule has 0 aromatic rings. The third kappa shape index (κ3) is 4.60. The Morgan fingerprint density at radius 2 is 1.89 bits per heavy atom. The Balaban J connectivity index is 1.74. The number of carbonyl (C=O) groups is 1. The molecule has 3 heteroatoms. The highest BCUT2D eigenvalue weighted by Crippen LogP contribution is 2.30. The van der Waals surface area contributed by atoms with Crippen LogP contribution in [0.5, 0.6) is 0 Å². The summed E-state index contributed by atoms with van der Waals surface area (Å²) in [6.45, 7) is 4.70. The van der Waals surface area contributed by atoms with Crippen LogP contribution in [0.15, 0.2) is 0 Å². The van der Waals surface area contributed by atoms with E-state index < -0.39 is 0 Å². The monoisotopic (exact) mass is 252 g/mol. The maximum atomic E-state index is 11.8.